The third-order valence-corrected chi connectivity index (χ3v) is 2.25. The second kappa shape index (κ2) is 5.32. The van der Waals surface area contributed by atoms with Crippen LogP contribution >= 0.6 is 15.9 Å². The van der Waals surface area contributed by atoms with Gasteiger partial charge >= 0.3 is 0 Å². The Morgan fingerprint density at radius 1 is 1.57 bits per heavy atom. The molecule has 1 rings (SSSR count). The molecule has 2 nitrogen and oxygen atoms in total. The van der Waals surface area contributed by atoms with Crippen LogP contribution in [0, 0.1) is 0 Å². The first-order valence-corrected chi connectivity index (χ1v) is 5.10. The van der Waals surface area contributed by atoms with Gasteiger partial charge in [0.1, 0.15) is 19.0 Å². The van der Waals surface area contributed by atoms with Gasteiger partial charge in [-0.25, -0.2) is 4.39 Å². The molecule has 0 heterocycles. The Morgan fingerprint density at radius 3 is 2.86 bits per heavy atom. The quantitative estimate of drug-likeness (QED) is 0.905. The Labute approximate surface area is 90.8 Å². The van der Waals surface area contributed by atoms with Crippen molar-refractivity contribution in [2.75, 3.05) is 13.3 Å². The van der Waals surface area contributed by atoms with Gasteiger partial charge < -0.3 is 9.84 Å². The standard InChI is InChI=1S/C10H12BrFO2/c1-7(13)9-3-2-8(11)6-10(9)14-5-4-12/h2-3,6-7,13H,4-5H2,1H3/t7-/m1/s1. The number of alkyl halides is 1. The molecule has 0 saturated carbocycles. The van der Waals surface area contributed by atoms with Gasteiger partial charge in [-0.15, -0.1) is 0 Å². The van der Waals surface area contributed by atoms with Crippen molar-refractivity contribution in [1.29, 1.82) is 0 Å². The van der Waals surface area contributed by atoms with Gasteiger partial charge in [0.25, 0.3) is 0 Å². The second-order valence-corrected chi connectivity index (χ2v) is 3.81. The molecular formula is C10H12BrFO2. The van der Waals surface area contributed by atoms with E-state index in [-0.39, 0.29) is 6.61 Å². The first-order chi connectivity index (χ1) is 6.65. The summed E-state index contributed by atoms with van der Waals surface area (Å²) in [6.45, 7) is 1.12. The number of aliphatic hydroxyl groups excluding tert-OH is 1. The van der Waals surface area contributed by atoms with Crippen LogP contribution in [0.15, 0.2) is 22.7 Å². The summed E-state index contributed by atoms with van der Waals surface area (Å²) in [4.78, 5) is 0. The fourth-order valence-corrected chi connectivity index (χ4v) is 1.47. The molecule has 0 aliphatic carbocycles. The lowest BCUT2D eigenvalue weighted by atomic mass is 10.1. The first-order valence-electron chi connectivity index (χ1n) is 4.31. The average molecular weight is 263 g/mol. The highest BCUT2D eigenvalue weighted by Crippen LogP contribution is 2.28. The van der Waals surface area contributed by atoms with Crippen LogP contribution in [0.25, 0.3) is 0 Å². The summed E-state index contributed by atoms with van der Waals surface area (Å²) >= 11 is 3.28. The third-order valence-electron chi connectivity index (χ3n) is 1.76. The molecule has 1 atom stereocenters. The molecule has 1 aromatic carbocycles. The molecular weight excluding hydrogens is 251 g/mol. The predicted octanol–water partition coefficient (Wildman–Crippen LogP) is 2.85. The highest BCUT2D eigenvalue weighted by molar-refractivity contribution is 9.10. The molecule has 0 aliphatic heterocycles. The molecule has 0 fully saturated rings. The minimum absolute atomic E-state index is 0.0101. The third kappa shape index (κ3) is 2.96. The average Bonchev–Trinajstić information content (AvgIpc) is 2.14. The molecule has 0 unspecified atom stereocenters. The van der Waals surface area contributed by atoms with E-state index in [0.717, 1.165) is 4.47 Å². The number of benzene rings is 1. The Kier molecular flexibility index (Phi) is 4.35. The lowest BCUT2D eigenvalue weighted by Gasteiger charge is -2.12. The molecule has 1 N–H and O–H groups in total. The van der Waals surface area contributed by atoms with Crippen molar-refractivity contribution in [3.63, 3.8) is 0 Å². The van der Waals surface area contributed by atoms with E-state index < -0.39 is 12.8 Å². The Bertz CT molecular complexity index is 302. The topological polar surface area (TPSA) is 29.5 Å². The summed E-state index contributed by atoms with van der Waals surface area (Å²) in [5.41, 5.74) is 0.668. The summed E-state index contributed by atoms with van der Waals surface area (Å²) in [5, 5.41) is 9.41. The van der Waals surface area contributed by atoms with Crippen LogP contribution in [0.2, 0.25) is 0 Å². The van der Waals surface area contributed by atoms with Gasteiger partial charge in [-0.2, -0.15) is 0 Å². The summed E-state index contributed by atoms with van der Waals surface area (Å²) in [6.07, 6.45) is -0.613. The van der Waals surface area contributed by atoms with Crippen molar-refractivity contribution in [3.05, 3.63) is 28.2 Å². The molecule has 0 bridgehead atoms. The number of hydrogen-bond donors (Lipinski definition) is 1. The van der Waals surface area contributed by atoms with Crippen LogP contribution in [0.5, 0.6) is 5.75 Å². The van der Waals surface area contributed by atoms with E-state index in [9.17, 15) is 9.50 Å². The van der Waals surface area contributed by atoms with Crippen LogP contribution in [-0.4, -0.2) is 18.4 Å². The van der Waals surface area contributed by atoms with Gasteiger partial charge in [-0.05, 0) is 19.1 Å². The molecule has 4 heteroatoms. The van der Waals surface area contributed by atoms with E-state index in [2.05, 4.69) is 15.9 Å². The molecule has 14 heavy (non-hydrogen) atoms. The number of hydrogen-bond acceptors (Lipinski definition) is 2. The largest absolute Gasteiger partial charge is 0.490 e. The number of aliphatic hydroxyl groups is 1. The maximum atomic E-state index is 11.9. The molecule has 0 spiro atoms. The molecule has 78 valence electrons. The van der Waals surface area contributed by atoms with Crippen molar-refractivity contribution >= 4 is 15.9 Å². The maximum absolute atomic E-state index is 11.9. The fourth-order valence-electron chi connectivity index (χ4n) is 1.13. The summed E-state index contributed by atoms with van der Waals surface area (Å²) in [7, 11) is 0. The first kappa shape index (κ1) is 11.5. The monoisotopic (exact) mass is 262 g/mol. The van der Waals surface area contributed by atoms with Crippen molar-refractivity contribution in [2.24, 2.45) is 0 Å². The minimum Gasteiger partial charge on any atom is -0.490 e. The lowest BCUT2D eigenvalue weighted by Crippen LogP contribution is -2.03. The highest BCUT2D eigenvalue weighted by atomic mass is 79.9. The van der Waals surface area contributed by atoms with Gasteiger partial charge in [0.05, 0.1) is 6.10 Å². The number of rotatable bonds is 4. The lowest BCUT2D eigenvalue weighted by molar-refractivity contribution is 0.189. The van der Waals surface area contributed by atoms with Crippen molar-refractivity contribution in [1.82, 2.24) is 0 Å². The number of halogens is 2. The predicted molar refractivity (Wildman–Crippen MR) is 56.2 cm³/mol. The van der Waals surface area contributed by atoms with E-state index in [1.165, 1.54) is 0 Å². The molecule has 0 saturated heterocycles. The second-order valence-electron chi connectivity index (χ2n) is 2.90. The summed E-state index contributed by atoms with van der Waals surface area (Å²) in [6, 6.07) is 5.28. The Balaban J connectivity index is 2.91. The van der Waals surface area contributed by atoms with Gasteiger partial charge in [0.2, 0.25) is 0 Å². The van der Waals surface area contributed by atoms with E-state index in [4.69, 9.17) is 4.74 Å². The Hall–Kier alpha value is -0.610. The zero-order valence-corrected chi connectivity index (χ0v) is 9.42. The normalized spacial score (nSPS) is 12.6. The van der Waals surface area contributed by atoms with Gasteiger partial charge in [-0.3, -0.25) is 0 Å². The van der Waals surface area contributed by atoms with Crippen LogP contribution < -0.4 is 4.74 Å². The van der Waals surface area contributed by atoms with E-state index in [0.29, 0.717) is 11.3 Å². The van der Waals surface area contributed by atoms with E-state index in [1.807, 2.05) is 6.07 Å². The minimum atomic E-state index is -0.613. The Morgan fingerprint density at radius 2 is 2.29 bits per heavy atom. The highest BCUT2D eigenvalue weighted by Gasteiger charge is 2.09. The van der Waals surface area contributed by atoms with E-state index in [1.54, 1.807) is 19.1 Å². The fraction of sp³-hybridized carbons (Fsp3) is 0.400. The number of ether oxygens (including phenoxy) is 1. The van der Waals surface area contributed by atoms with Crippen LogP contribution in [0.4, 0.5) is 4.39 Å². The summed E-state index contributed by atoms with van der Waals surface area (Å²) in [5.74, 6) is 0.520. The van der Waals surface area contributed by atoms with Gasteiger partial charge in [0, 0.05) is 10.0 Å². The van der Waals surface area contributed by atoms with Gasteiger partial charge in [0.15, 0.2) is 0 Å². The van der Waals surface area contributed by atoms with Crippen LogP contribution in [0.1, 0.15) is 18.6 Å². The SMILES string of the molecule is C[C@@H](O)c1ccc(Br)cc1OCCF. The summed E-state index contributed by atoms with van der Waals surface area (Å²) < 4.78 is 17.9. The van der Waals surface area contributed by atoms with E-state index >= 15 is 0 Å². The van der Waals surface area contributed by atoms with Crippen LogP contribution in [-0.2, 0) is 0 Å². The molecule has 0 aliphatic rings. The molecule has 0 radical (unpaired) electrons. The van der Waals surface area contributed by atoms with Crippen molar-refractivity contribution < 1.29 is 14.2 Å². The van der Waals surface area contributed by atoms with Crippen molar-refractivity contribution in [3.8, 4) is 5.75 Å². The molecule has 0 aromatic heterocycles. The smallest absolute Gasteiger partial charge is 0.126 e. The van der Waals surface area contributed by atoms with Crippen LogP contribution in [0.3, 0.4) is 0 Å². The zero-order chi connectivity index (χ0) is 10.6. The molecule has 1 aromatic rings. The molecule has 0 amide bonds. The van der Waals surface area contributed by atoms with Gasteiger partial charge in [-0.1, -0.05) is 22.0 Å². The van der Waals surface area contributed by atoms with Crippen molar-refractivity contribution in [2.45, 2.75) is 13.0 Å². The zero-order valence-electron chi connectivity index (χ0n) is 7.84. The maximum Gasteiger partial charge on any atom is 0.126 e.